The highest BCUT2D eigenvalue weighted by Crippen LogP contribution is 2.30. The Morgan fingerprint density at radius 2 is 1.92 bits per heavy atom. The molecule has 1 heterocycles. The number of esters is 1. The molecule has 2 rings (SSSR count). The Bertz CT molecular complexity index is 831. The van der Waals surface area contributed by atoms with Crippen molar-refractivity contribution in [2.24, 2.45) is 0 Å². The zero-order chi connectivity index (χ0) is 17.7. The van der Waals surface area contributed by atoms with Gasteiger partial charge in [0.25, 0.3) is 10.0 Å². The second-order valence-corrected chi connectivity index (χ2v) is 6.16. The van der Waals surface area contributed by atoms with Crippen molar-refractivity contribution in [3.63, 3.8) is 0 Å². The zero-order valence-electron chi connectivity index (χ0n) is 13.3. The number of ether oxygens (including phenoxy) is 3. The molecule has 0 amide bonds. The minimum absolute atomic E-state index is 0.121. The van der Waals surface area contributed by atoms with Crippen LogP contribution in [0.5, 0.6) is 11.5 Å². The number of sulfonamides is 1. The smallest absolute Gasteiger partial charge is 0.358 e. The molecule has 0 saturated carbocycles. The van der Waals surface area contributed by atoms with Crippen LogP contribution in [0, 0.1) is 0 Å². The highest BCUT2D eigenvalue weighted by atomic mass is 32.2. The maximum atomic E-state index is 12.3. The summed E-state index contributed by atoms with van der Waals surface area (Å²) in [6.07, 6.45) is 0. The predicted octanol–water partition coefficient (Wildman–Crippen LogP) is 1.40. The van der Waals surface area contributed by atoms with Crippen LogP contribution in [0.3, 0.4) is 0 Å². The van der Waals surface area contributed by atoms with Crippen molar-refractivity contribution < 1.29 is 27.4 Å². The number of carbonyl (C=O) groups is 1. The predicted molar refractivity (Wildman–Crippen MR) is 84.9 cm³/mol. The number of aromatic amines is 1. The van der Waals surface area contributed by atoms with Gasteiger partial charge in [0.1, 0.15) is 0 Å². The van der Waals surface area contributed by atoms with Crippen LogP contribution in [0.25, 0.3) is 0 Å². The molecule has 2 N–H and O–H groups in total. The molecule has 0 aliphatic carbocycles. The number of benzene rings is 1. The van der Waals surface area contributed by atoms with Crippen molar-refractivity contribution in [2.45, 2.75) is 11.9 Å². The van der Waals surface area contributed by atoms with Gasteiger partial charge in [-0.25, -0.2) is 4.79 Å². The SMILES string of the molecule is CCOC(=O)c1cc(S(=O)(=O)Nc2ccc(OC)c(OC)c2)[nH]n1. The number of methoxy groups -OCH3 is 2. The lowest BCUT2D eigenvalue weighted by Crippen LogP contribution is -2.13. The molecule has 0 fully saturated rings. The van der Waals surface area contributed by atoms with E-state index in [4.69, 9.17) is 14.2 Å². The monoisotopic (exact) mass is 355 g/mol. The Morgan fingerprint density at radius 3 is 2.54 bits per heavy atom. The molecule has 0 aliphatic heterocycles. The summed E-state index contributed by atoms with van der Waals surface area (Å²) in [6.45, 7) is 1.80. The number of hydrogen-bond acceptors (Lipinski definition) is 7. The molecule has 1 aromatic carbocycles. The molecule has 0 spiro atoms. The Kier molecular flexibility index (Phi) is 5.29. The van der Waals surface area contributed by atoms with Gasteiger partial charge in [0.05, 0.1) is 26.5 Å². The molecule has 10 heteroatoms. The highest BCUT2D eigenvalue weighted by molar-refractivity contribution is 7.92. The topological polar surface area (TPSA) is 120 Å². The van der Waals surface area contributed by atoms with Gasteiger partial charge in [-0.1, -0.05) is 0 Å². The minimum Gasteiger partial charge on any atom is -0.493 e. The first-order valence-electron chi connectivity index (χ1n) is 6.88. The van der Waals surface area contributed by atoms with Gasteiger partial charge in [-0.15, -0.1) is 0 Å². The van der Waals surface area contributed by atoms with E-state index in [0.717, 1.165) is 6.07 Å². The zero-order valence-corrected chi connectivity index (χ0v) is 14.1. The van der Waals surface area contributed by atoms with Crippen molar-refractivity contribution in [3.8, 4) is 11.5 Å². The molecule has 0 bridgehead atoms. The molecule has 0 saturated heterocycles. The first-order valence-corrected chi connectivity index (χ1v) is 8.37. The number of nitrogens with one attached hydrogen (secondary N) is 2. The number of nitrogens with zero attached hydrogens (tertiary/aromatic N) is 1. The molecule has 0 aliphatic rings. The first-order chi connectivity index (χ1) is 11.4. The quantitative estimate of drug-likeness (QED) is 0.720. The summed E-state index contributed by atoms with van der Waals surface area (Å²) in [5.41, 5.74) is 0.143. The molecule has 24 heavy (non-hydrogen) atoms. The van der Waals surface area contributed by atoms with Crippen molar-refractivity contribution in [1.29, 1.82) is 0 Å². The second-order valence-electron chi connectivity index (χ2n) is 4.51. The van der Waals surface area contributed by atoms with E-state index in [-0.39, 0.29) is 23.0 Å². The Balaban J connectivity index is 2.24. The first kappa shape index (κ1) is 17.6. The molecule has 0 radical (unpaired) electrons. The molecular weight excluding hydrogens is 338 g/mol. The van der Waals surface area contributed by atoms with E-state index in [1.807, 2.05) is 0 Å². The maximum Gasteiger partial charge on any atom is 0.358 e. The molecule has 2 aromatic rings. The van der Waals surface area contributed by atoms with Crippen molar-refractivity contribution in [2.75, 3.05) is 25.5 Å². The van der Waals surface area contributed by atoms with Crippen molar-refractivity contribution in [1.82, 2.24) is 10.2 Å². The van der Waals surface area contributed by atoms with Gasteiger partial charge in [0, 0.05) is 12.1 Å². The third-order valence-electron chi connectivity index (χ3n) is 2.96. The van der Waals surface area contributed by atoms with E-state index in [9.17, 15) is 13.2 Å². The third-order valence-corrected chi connectivity index (χ3v) is 4.26. The van der Waals surface area contributed by atoms with E-state index in [1.54, 1.807) is 13.0 Å². The van der Waals surface area contributed by atoms with Crippen molar-refractivity contribution >= 4 is 21.7 Å². The number of H-pyrrole nitrogens is 1. The van der Waals surface area contributed by atoms with E-state index in [2.05, 4.69) is 14.9 Å². The van der Waals surface area contributed by atoms with Crippen LogP contribution in [0.1, 0.15) is 17.4 Å². The van der Waals surface area contributed by atoms with Crippen LogP contribution < -0.4 is 14.2 Å². The summed E-state index contributed by atoms with van der Waals surface area (Å²) in [7, 11) is -1.04. The van der Waals surface area contributed by atoms with E-state index >= 15 is 0 Å². The summed E-state index contributed by atoms with van der Waals surface area (Å²) in [4.78, 5) is 11.5. The van der Waals surface area contributed by atoms with Crippen LogP contribution in [0.2, 0.25) is 0 Å². The standard InChI is InChI=1S/C14H17N3O6S/c1-4-23-14(18)10-8-13(16-15-10)24(19,20)17-9-5-6-11(21-2)12(7-9)22-3/h5-8,17H,4H2,1-3H3,(H,15,16). The van der Waals surface area contributed by atoms with Gasteiger partial charge in [-0.3, -0.25) is 9.82 Å². The number of hydrogen-bond donors (Lipinski definition) is 2. The lowest BCUT2D eigenvalue weighted by Gasteiger charge is -2.10. The average molecular weight is 355 g/mol. The lowest BCUT2D eigenvalue weighted by molar-refractivity contribution is 0.0519. The van der Waals surface area contributed by atoms with E-state index in [0.29, 0.717) is 11.5 Å². The normalized spacial score (nSPS) is 11.0. The van der Waals surface area contributed by atoms with Gasteiger partial charge in [-0.2, -0.15) is 13.5 Å². The van der Waals surface area contributed by atoms with Crippen LogP contribution >= 0.6 is 0 Å². The minimum atomic E-state index is -3.96. The highest BCUT2D eigenvalue weighted by Gasteiger charge is 2.21. The van der Waals surface area contributed by atoms with Gasteiger partial charge in [0.15, 0.2) is 22.2 Å². The summed E-state index contributed by atoms with van der Waals surface area (Å²) < 4.78 is 42.0. The van der Waals surface area contributed by atoms with E-state index < -0.39 is 16.0 Å². The number of carbonyl (C=O) groups excluding carboxylic acids is 1. The summed E-state index contributed by atoms with van der Waals surface area (Å²) >= 11 is 0. The molecule has 0 unspecified atom stereocenters. The average Bonchev–Trinajstić information content (AvgIpc) is 3.05. The van der Waals surface area contributed by atoms with Crippen LogP contribution in [0.15, 0.2) is 29.3 Å². The lowest BCUT2D eigenvalue weighted by atomic mass is 10.3. The molecule has 9 nitrogen and oxygen atoms in total. The van der Waals surface area contributed by atoms with Gasteiger partial charge >= 0.3 is 5.97 Å². The van der Waals surface area contributed by atoms with Gasteiger partial charge in [-0.05, 0) is 19.1 Å². The fourth-order valence-electron chi connectivity index (χ4n) is 1.86. The molecular formula is C14H17N3O6S. The Hall–Kier alpha value is -2.75. The fourth-order valence-corrected chi connectivity index (χ4v) is 2.84. The number of rotatable bonds is 7. The van der Waals surface area contributed by atoms with Crippen molar-refractivity contribution in [3.05, 3.63) is 30.0 Å². The van der Waals surface area contributed by atoms with E-state index in [1.165, 1.54) is 26.4 Å². The van der Waals surface area contributed by atoms with Crippen LogP contribution in [-0.4, -0.2) is 45.4 Å². The van der Waals surface area contributed by atoms with Gasteiger partial charge < -0.3 is 14.2 Å². The number of aromatic nitrogens is 2. The number of anilines is 1. The molecule has 0 atom stereocenters. The molecule has 130 valence electrons. The van der Waals surface area contributed by atoms with Gasteiger partial charge in [0.2, 0.25) is 0 Å². The summed E-state index contributed by atoms with van der Waals surface area (Å²) in [5.74, 6) is 0.127. The fraction of sp³-hybridized carbons (Fsp3) is 0.286. The largest absolute Gasteiger partial charge is 0.493 e. The Labute approximate surface area is 139 Å². The Morgan fingerprint density at radius 1 is 1.21 bits per heavy atom. The van der Waals surface area contributed by atoms with Crippen LogP contribution in [0.4, 0.5) is 5.69 Å². The second kappa shape index (κ2) is 7.21. The third kappa shape index (κ3) is 3.77. The molecule has 1 aromatic heterocycles. The summed E-state index contributed by atoms with van der Waals surface area (Å²) in [6, 6.07) is 5.65. The van der Waals surface area contributed by atoms with Crippen LogP contribution in [-0.2, 0) is 14.8 Å². The summed E-state index contributed by atoms with van der Waals surface area (Å²) in [5, 5.41) is 5.68. The maximum absolute atomic E-state index is 12.3.